The maximum Gasteiger partial charge on any atom is 0.0491 e. The number of nitrogens with zero attached hydrogens (tertiary/aromatic N) is 1. The molecule has 0 amide bonds. The number of rotatable bonds is 4. The smallest absolute Gasteiger partial charge is 0.0491 e. The summed E-state index contributed by atoms with van der Waals surface area (Å²) in [5.74, 6) is 0. The van der Waals surface area contributed by atoms with Gasteiger partial charge in [0.05, 0.1) is 0 Å². The van der Waals surface area contributed by atoms with Gasteiger partial charge in [-0.25, -0.2) is 0 Å². The maximum atomic E-state index is 3.80. The van der Waals surface area contributed by atoms with Gasteiger partial charge in [0.1, 0.15) is 0 Å². The Morgan fingerprint density at radius 2 is 1.64 bits per heavy atom. The lowest BCUT2D eigenvalue weighted by molar-refractivity contribution is 0.459. The Kier molecular flexibility index (Phi) is 6.03. The normalized spacial score (nSPS) is 16.0. The van der Waals surface area contributed by atoms with Crippen molar-refractivity contribution >= 4 is 34.2 Å². The average Bonchev–Trinajstić information content (AvgIpc) is 2.76. The molecule has 0 saturated heterocycles. The highest BCUT2D eigenvalue weighted by Gasteiger charge is 2.13. The summed E-state index contributed by atoms with van der Waals surface area (Å²) in [6.45, 7) is 4.24. The summed E-state index contributed by atoms with van der Waals surface area (Å²) in [4.78, 5) is 0. The minimum absolute atomic E-state index is 0. The van der Waals surface area contributed by atoms with Crippen molar-refractivity contribution in [3.63, 3.8) is 0 Å². The zero-order chi connectivity index (χ0) is 16.4. The molecule has 0 bridgehead atoms. The second kappa shape index (κ2) is 8.25. The van der Waals surface area contributed by atoms with E-state index >= 15 is 0 Å². The molecule has 1 saturated carbocycles. The number of hydrogen-bond donors (Lipinski definition) is 1. The highest BCUT2D eigenvalue weighted by atomic mass is 35.5. The van der Waals surface area contributed by atoms with Gasteiger partial charge < -0.3 is 9.88 Å². The lowest BCUT2D eigenvalue weighted by Crippen LogP contribution is -2.27. The molecule has 3 aromatic rings. The number of nitrogens with one attached hydrogen (secondary N) is 1. The molecule has 1 heterocycles. The van der Waals surface area contributed by atoms with Crippen LogP contribution in [0.15, 0.2) is 42.5 Å². The van der Waals surface area contributed by atoms with Gasteiger partial charge in [-0.05, 0) is 43.5 Å². The van der Waals surface area contributed by atoms with Crippen LogP contribution in [0.1, 0.15) is 51.0 Å². The maximum absolute atomic E-state index is 3.80. The SMILES string of the molecule is CCn1c2ccccc2c2cc(CNC3CCCCCC3)ccc21.Cl. The van der Waals surface area contributed by atoms with Crippen LogP contribution in [0.25, 0.3) is 21.8 Å². The molecule has 0 unspecified atom stereocenters. The van der Waals surface area contributed by atoms with E-state index in [9.17, 15) is 0 Å². The van der Waals surface area contributed by atoms with Crippen molar-refractivity contribution in [2.45, 2.75) is 64.6 Å². The minimum Gasteiger partial charge on any atom is -0.341 e. The average molecular weight is 357 g/mol. The molecule has 25 heavy (non-hydrogen) atoms. The molecule has 0 atom stereocenters. The molecule has 2 nitrogen and oxygen atoms in total. The number of para-hydroxylation sites is 1. The van der Waals surface area contributed by atoms with E-state index in [4.69, 9.17) is 0 Å². The molecule has 3 heteroatoms. The standard InChI is InChI=1S/C22H28N2.ClH/c1-2-24-21-12-8-7-11-19(21)20-15-17(13-14-22(20)24)16-23-18-9-5-3-4-6-10-18;/h7-8,11-15,18,23H,2-6,9-10,16H2,1H3;1H. The summed E-state index contributed by atoms with van der Waals surface area (Å²) in [7, 11) is 0. The number of benzene rings is 2. The topological polar surface area (TPSA) is 17.0 Å². The van der Waals surface area contributed by atoms with E-state index in [0.29, 0.717) is 6.04 Å². The van der Waals surface area contributed by atoms with E-state index in [1.165, 1.54) is 65.9 Å². The van der Waals surface area contributed by atoms with E-state index in [-0.39, 0.29) is 12.4 Å². The van der Waals surface area contributed by atoms with Gasteiger partial charge >= 0.3 is 0 Å². The summed E-state index contributed by atoms with van der Waals surface area (Å²) in [6.07, 6.45) is 8.30. The summed E-state index contributed by atoms with van der Waals surface area (Å²) in [6, 6.07) is 16.5. The van der Waals surface area contributed by atoms with E-state index in [0.717, 1.165) is 13.1 Å². The zero-order valence-corrected chi connectivity index (χ0v) is 15.9. The van der Waals surface area contributed by atoms with Crippen LogP contribution < -0.4 is 5.32 Å². The Morgan fingerprint density at radius 3 is 2.40 bits per heavy atom. The molecule has 1 aliphatic rings. The molecule has 134 valence electrons. The summed E-state index contributed by atoms with van der Waals surface area (Å²) >= 11 is 0. The molecule has 4 rings (SSSR count). The monoisotopic (exact) mass is 356 g/mol. The highest BCUT2D eigenvalue weighted by molar-refractivity contribution is 6.08. The summed E-state index contributed by atoms with van der Waals surface area (Å²) < 4.78 is 2.42. The molecule has 0 aliphatic heterocycles. The third-order valence-corrected chi connectivity index (χ3v) is 5.60. The Morgan fingerprint density at radius 1 is 0.920 bits per heavy atom. The van der Waals surface area contributed by atoms with Crippen molar-refractivity contribution in [3.05, 3.63) is 48.0 Å². The molecule has 1 N–H and O–H groups in total. The van der Waals surface area contributed by atoms with E-state index in [1.54, 1.807) is 0 Å². The van der Waals surface area contributed by atoms with Crippen LogP contribution in [-0.4, -0.2) is 10.6 Å². The third kappa shape index (κ3) is 3.70. The van der Waals surface area contributed by atoms with Gasteiger partial charge in [-0.2, -0.15) is 0 Å². The number of halogens is 1. The van der Waals surface area contributed by atoms with Crippen LogP contribution in [0.3, 0.4) is 0 Å². The van der Waals surface area contributed by atoms with Crippen LogP contribution in [0.2, 0.25) is 0 Å². The Labute approximate surface area is 157 Å². The molecule has 2 aromatic carbocycles. The molecule has 1 fully saturated rings. The molecule has 0 spiro atoms. The van der Waals surface area contributed by atoms with Gasteiger partial charge in [0.25, 0.3) is 0 Å². The van der Waals surface area contributed by atoms with Crippen LogP contribution in [0.5, 0.6) is 0 Å². The van der Waals surface area contributed by atoms with Crippen LogP contribution in [0.4, 0.5) is 0 Å². The van der Waals surface area contributed by atoms with Crippen molar-refractivity contribution in [1.29, 1.82) is 0 Å². The molecule has 0 radical (unpaired) electrons. The summed E-state index contributed by atoms with van der Waals surface area (Å²) in [5, 5.41) is 6.58. The van der Waals surface area contributed by atoms with Gasteiger partial charge in [0.2, 0.25) is 0 Å². The van der Waals surface area contributed by atoms with Gasteiger partial charge in [-0.3, -0.25) is 0 Å². The fraction of sp³-hybridized carbons (Fsp3) is 0.455. The fourth-order valence-electron chi connectivity index (χ4n) is 4.30. The first-order valence-electron chi connectivity index (χ1n) is 9.60. The van der Waals surface area contributed by atoms with Crippen molar-refractivity contribution in [2.75, 3.05) is 0 Å². The van der Waals surface area contributed by atoms with Crippen LogP contribution >= 0.6 is 12.4 Å². The molecular weight excluding hydrogens is 328 g/mol. The van der Waals surface area contributed by atoms with Crippen LogP contribution in [-0.2, 0) is 13.1 Å². The van der Waals surface area contributed by atoms with Gasteiger partial charge in [0, 0.05) is 40.9 Å². The predicted molar refractivity (Wildman–Crippen MR) is 111 cm³/mol. The van der Waals surface area contributed by atoms with E-state index in [1.807, 2.05) is 0 Å². The minimum atomic E-state index is 0. The third-order valence-electron chi connectivity index (χ3n) is 5.60. The van der Waals surface area contributed by atoms with Gasteiger partial charge in [-0.1, -0.05) is 49.9 Å². The second-order valence-electron chi connectivity index (χ2n) is 7.18. The van der Waals surface area contributed by atoms with Crippen molar-refractivity contribution in [2.24, 2.45) is 0 Å². The molecule has 1 aliphatic carbocycles. The number of aromatic nitrogens is 1. The largest absolute Gasteiger partial charge is 0.341 e. The van der Waals surface area contributed by atoms with Gasteiger partial charge in [0.15, 0.2) is 0 Å². The number of hydrogen-bond acceptors (Lipinski definition) is 1. The Bertz CT molecular complexity index is 829. The van der Waals surface area contributed by atoms with Crippen molar-refractivity contribution in [3.8, 4) is 0 Å². The van der Waals surface area contributed by atoms with Crippen molar-refractivity contribution in [1.82, 2.24) is 9.88 Å². The lowest BCUT2D eigenvalue weighted by Gasteiger charge is -2.16. The first-order chi connectivity index (χ1) is 11.9. The Balaban J connectivity index is 0.00000182. The van der Waals surface area contributed by atoms with E-state index < -0.39 is 0 Å². The molecular formula is C22H29ClN2. The van der Waals surface area contributed by atoms with Crippen LogP contribution in [0, 0.1) is 0 Å². The predicted octanol–water partition coefficient (Wildman–Crippen LogP) is 6.05. The first kappa shape index (κ1) is 18.3. The summed E-state index contributed by atoms with van der Waals surface area (Å²) in [5.41, 5.74) is 4.12. The van der Waals surface area contributed by atoms with Gasteiger partial charge in [-0.15, -0.1) is 12.4 Å². The fourth-order valence-corrected chi connectivity index (χ4v) is 4.30. The number of aryl methyl sites for hydroxylation is 1. The Hall–Kier alpha value is -1.51. The lowest BCUT2D eigenvalue weighted by atomic mass is 10.1. The first-order valence-corrected chi connectivity index (χ1v) is 9.60. The quantitative estimate of drug-likeness (QED) is 0.563. The second-order valence-corrected chi connectivity index (χ2v) is 7.18. The van der Waals surface area contributed by atoms with Crippen molar-refractivity contribution < 1.29 is 0 Å². The number of fused-ring (bicyclic) bond motifs is 3. The van der Waals surface area contributed by atoms with E-state index in [2.05, 4.69) is 59.3 Å². The molecule has 1 aromatic heterocycles. The highest BCUT2D eigenvalue weighted by Crippen LogP contribution is 2.29. The zero-order valence-electron chi connectivity index (χ0n) is 15.1.